The number of esters is 2. The van der Waals surface area contributed by atoms with Crippen LogP contribution in [0.2, 0.25) is 0 Å². The van der Waals surface area contributed by atoms with Crippen LogP contribution in [-0.4, -0.2) is 56.5 Å². The molecule has 170 valence electrons. The highest BCUT2D eigenvalue weighted by atomic mass is 19.1. The maximum absolute atomic E-state index is 15.2. The van der Waals surface area contributed by atoms with Crippen LogP contribution in [0, 0.1) is 16.7 Å². The third kappa shape index (κ3) is 3.66. The molecule has 4 atom stereocenters. The molecule has 1 aliphatic heterocycles. The molecule has 1 saturated heterocycles. The molecule has 4 rings (SSSR count). The van der Waals surface area contributed by atoms with Gasteiger partial charge in [-0.1, -0.05) is 0 Å². The van der Waals surface area contributed by atoms with E-state index in [2.05, 4.69) is 20.8 Å². The number of rotatable bonds is 6. The van der Waals surface area contributed by atoms with Crippen LogP contribution < -0.4 is 11.4 Å². The molecule has 1 saturated carbocycles. The Labute approximate surface area is 180 Å². The molecule has 2 aromatic rings. The maximum Gasteiger partial charge on any atom is 0.332 e. The number of nitrogen functional groups attached to an aromatic ring is 1. The van der Waals surface area contributed by atoms with E-state index in [1.807, 2.05) is 0 Å². The molecule has 13 heteroatoms. The first-order valence-corrected chi connectivity index (χ1v) is 9.88. The van der Waals surface area contributed by atoms with E-state index in [-0.39, 0.29) is 23.7 Å². The standard InChI is InChI=1S/C19H21FN6O6/c1-9(27)31-14-13(20)11(5-12(28)30-2)32-16(14)26-15-10(6-23-17(22)24-15)25(18(26)29)8-19(7-21)3-4-19/h6,11,13-14,16H,3-5,8H2,1-2H3,(H2,22,23,24)/t11-,13-,14-,16-/m1/s1. The Kier molecular flexibility index (Phi) is 5.33. The Bertz CT molecular complexity index is 1180. The SMILES string of the molecule is COC(=O)C[C@H]1O[C@@H](n2c(=O)n(CC3(C#N)CC3)c3cnc(N)nc32)[C@H](OC(C)=O)[C@@H]1F. The number of imidazole rings is 1. The smallest absolute Gasteiger partial charge is 0.332 e. The molecule has 32 heavy (non-hydrogen) atoms. The summed E-state index contributed by atoms with van der Waals surface area (Å²) in [6.07, 6.45) is -4.06. The highest BCUT2D eigenvalue weighted by Crippen LogP contribution is 2.46. The second kappa shape index (κ2) is 7.86. The van der Waals surface area contributed by atoms with E-state index in [0.717, 1.165) is 18.6 Å². The van der Waals surface area contributed by atoms with Crippen molar-refractivity contribution in [1.82, 2.24) is 19.1 Å². The van der Waals surface area contributed by atoms with Crippen molar-refractivity contribution in [3.63, 3.8) is 0 Å². The summed E-state index contributed by atoms with van der Waals surface area (Å²) in [7, 11) is 1.15. The number of alkyl halides is 1. The van der Waals surface area contributed by atoms with Gasteiger partial charge >= 0.3 is 17.6 Å². The van der Waals surface area contributed by atoms with Crippen molar-refractivity contribution >= 4 is 29.1 Å². The average Bonchev–Trinajstić information content (AvgIpc) is 3.42. The van der Waals surface area contributed by atoms with Crippen molar-refractivity contribution in [2.75, 3.05) is 12.8 Å². The zero-order valence-electron chi connectivity index (χ0n) is 17.4. The predicted octanol–water partition coefficient (Wildman–Crippen LogP) is 0.209. The number of hydrogen-bond acceptors (Lipinski definition) is 10. The van der Waals surface area contributed by atoms with E-state index < -0.39 is 54.1 Å². The minimum Gasteiger partial charge on any atom is -0.469 e. The molecule has 3 heterocycles. The molecule has 2 N–H and O–H groups in total. The summed E-state index contributed by atoms with van der Waals surface area (Å²) in [6.45, 7) is 1.17. The third-order valence-corrected chi connectivity index (χ3v) is 5.69. The number of nitrogens with zero attached hydrogens (tertiary/aromatic N) is 5. The largest absolute Gasteiger partial charge is 0.469 e. The molecule has 0 radical (unpaired) electrons. The van der Waals surface area contributed by atoms with E-state index in [1.165, 1.54) is 10.8 Å². The fourth-order valence-corrected chi connectivity index (χ4v) is 3.84. The van der Waals surface area contributed by atoms with Crippen LogP contribution in [0.3, 0.4) is 0 Å². The van der Waals surface area contributed by atoms with Crippen molar-refractivity contribution in [3.05, 3.63) is 16.7 Å². The van der Waals surface area contributed by atoms with E-state index in [0.29, 0.717) is 12.8 Å². The second-order valence-electron chi connectivity index (χ2n) is 7.93. The minimum atomic E-state index is -1.92. The average molecular weight is 448 g/mol. The van der Waals surface area contributed by atoms with Gasteiger partial charge in [-0.3, -0.25) is 14.2 Å². The van der Waals surface area contributed by atoms with Gasteiger partial charge in [0.2, 0.25) is 5.95 Å². The van der Waals surface area contributed by atoms with Crippen LogP contribution in [0.5, 0.6) is 0 Å². The number of aromatic nitrogens is 4. The molecule has 0 unspecified atom stereocenters. The van der Waals surface area contributed by atoms with Gasteiger partial charge in [0.1, 0.15) is 11.6 Å². The summed E-state index contributed by atoms with van der Waals surface area (Å²) in [5.41, 5.74) is 4.66. The molecule has 12 nitrogen and oxygen atoms in total. The maximum atomic E-state index is 15.2. The summed E-state index contributed by atoms with van der Waals surface area (Å²) in [4.78, 5) is 44.8. The topological polar surface area (TPSA) is 164 Å². The number of carbonyl (C=O) groups excluding carboxylic acids is 2. The van der Waals surface area contributed by atoms with Crippen LogP contribution in [0.25, 0.3) is 11.2 Å². The number of nitriles is 1. The number of anilines is 1. The Balaban J connectivity index is 1.83. The number of carbonyl (C=O) groups is 2. The van der Waals surface area contributed by atoms with Gasteiger partial charge in [0.25, 0.3) is 0 Å². The lowest BCUT2D eigenvalue weighted by Crippen LogP contribution is -2.37. The lowest BCUT2D eigenvalue weighted by Gasteiger charge is -2.20. The molecule has 1 aliphatic carbocycles. The number of ether oxygens (including phenoxy) is 3. The van der Waals surface area contributed by atoms with Gasteiger partial charge in [-0.15, -0.1) is 0 Å². The van der Waals surface area contributed by atoms with Crippen LogP contribution in [-0.2, 0) is 30.3 Å². The summed E-state index contributed by atoms with van der Waals surface area (Å²) in [5.74, 6) is -1.67. The number of methoxy groups -OCH3 is 1. The first-order valence-electron chi connectivity index (χ1n) is 9.88. The first kappa shape index (κ1) is 21.7. The van der Waals surface area contributed by atoms with Crippen molar-refractivity contribution in [1.29, 1.82) is 5.26 Å². The van der Waals surface area contributed by atoms with Crippen molar-refractivity contribution in [2.24, 2.45) is 5.41 Å². The lowest BCUT2D eigenvalue weighted by atomic mass is 10.1. The first-order chi connectivity index (χ1) is 15.2. The van der Waals surface area contributed by atoms with E-state index in [1.54, 1.807) is 0 Å². The molecule has 2 aliphatic rings. The molecule has 0 aromatic carbocycles. The second-order valence-corrected chi connectivity index (χ2v) is 7.93. The monoisotopic (exact) mass is 448 g/mol. The van der Waals surface area contributed by atoms with Crippen LogP contribution >= 0.6 is 0 Å². The normalized spacial score (nSPS) is 25.9. The van der Waals surface area contributed by atoms with Crippen molar-refractivity contribution in [2.45, 2.75) is 57.3 Å². The highest BCUT2D eigenvalue weighted by molar-refractivity contribution is 5.72. The van der Waals surface area contributed by atoms with Gasteiger partial charge in [-0.05, 0) is 12.8 Å². The number of fused-ring (bicyclic) bond motifs is 1. The number of halogens is 1. The molecule has 0 bridgehead atoms. The van der Waals surface area contributed by atoms with Gasteiger partial charge in [-0.25, -0.2) is 18.7 Å². The zero-order chi connectivity index (χ0) is 23.2. The van der Waals surface area contributed by atoms with Gasteiger partial charge in [-0.2, -0.15) is 10.2 Å². The van der Waals surface area contributed by atoms with Crippen LogP contribution in [0.15, 0.2) is 11.0 Å². The minimum absolute atomic E-state index is 0.0318. The molecular weight excluding hydrogens is 427 g/mol. The van der Waals surface area contributed by atoms with Gasteiger partial charge in [0, 0.05) is 13.5 Å². The molecular formula is C19H21FN6O6. The lowest BCUT2D eigenvalue weighted by molar-refractivity contribution is -0.154. The third-order valence-electron chi connectivity index (χ3n) is 5.69. The van der Waals surface area contributed by atoms with Gasteiger partial charge < -0.3 is 19.9 Å². The number of hydrogen-bond donors (Lipinski definition) is 1. The van der Waals surface area contributed by atoms with E-state index in [9.17, 15) is 19.6 Å². The zero-order valence-corrected chi connectivity index (χ0v) is 17.4. The van der Waals surface area contributed by atoms with E-state index in [4.69, 9.17) is 15.2 Å². The Morgan fingerprint density at radius 3 is 2.78 bits per heavy atom. The van der Waals surface area contributed by atoms with Crippen molar-refractivity contribution < 1.29 is 28.2 Å². The van der Waals surface area contributed by atoms with Crippen molar-refractivity contribution in [3.8, 4) is 6.07 Å². The Morgan fingerprint density at radius 1 is 1.47 bits per heavy atom. The number of nitrogens with two attached hydrogens (primary N) is 1. The fraction of sp³-hybridized carbons (Fsp3) is 0.579. The van der Waals surface area contributed by atoms with Crippen LogP contribution in [0.1, 0.15) is 32.4 Å². The summed E-state index contributed by atoms with van der Waals surface area (Å²) in [6, 6.07) is 2.21. The molecule has 0 spiro atoms. The van der Waals surface area contributed by atoms with Crippen LogP contribution in [0.4, 0.5) is 10.3 Å². The summed E-state index contributed by atoms with van der Waals surface area (Å²) >= 11 is 0. The molecule has 2 fully saturated rings. The summed E-state index contributed by atoms with van der Waals surface area (Å²) in [5, 5.41) is 9.46. The van der Waals surface area contributed by atoms with Gasteiger partial charge in [0.05, 0.1) is 31.2 Å². The summed E-state index contributed by atoms with van der Waals surface area (Å²) < 4.78 is 32.9. The van der Waals surface area contributed by atoms with Gasteiger partial charge in [0.15, 0.2) is 24.2 Å². The molecule has 2 aromatic heterocycles. The quantitative estimate of drug-likeness (QED) is 0.604. The predicted molar refractivity (Wildman–Crippen MR) is 104 cm³/mol. The highest BCUT2D eigenvalue weighted by Gasteiger charge is 2.51. The Morgan fingerprint density at radius 2 is 2.19 bits per heavy atom. The molecule has 0 amide bonds. The van der Waals surface area contributed by atoms with E-state index >= 15 is 4.39 Å². The fourth-order valence-electron chi connectivity index (χ4n) is 3.84. The Hall–Kier alpha value is -3.53.